The lowest BCUT2D eigenvalue weighted by atomic mass is 10.1. The van der Waals surface area contributed by atoms with Crippen molar-refractivity contribution in [1.29, 1.82) is 0 Å². The molecule has 1 aromatic heterocycles. The van der Waals surface area contributed by atoms with E-state index in [2.05, 4.69) is 5.32 Å². The summed E-state index contributed by atoms with van der Waals surface area (Å²) in [6.45, 7) is 4.55. The summed E-state index contributed by atoms with van der Waals surface area (Å²) in [5.74, 6) is -0.914. The summed E-state index contributed by atoms with van der Waals surface area (Å²) < 4.78 is 4.77. The first-order valence-corrected chi connectivity index (χ1v) is 8.06. The minimum Gasteiger partial charge on any atom is -0.465 e. The van der Waals surface area contributed by atoms with Crippen LogP contribution in [0, 0.1) is 6.92 Å². The third-order valence-electron chi connectivity index (χ3n) is 3.66. The van der Waals surface area contributed by atoms with E-state index >= 15 is 0 Å². The molecule has 0 spiro atoms. The first kappa shape index (κ1) is 16.5. The molecular weight excluding hydrogens is 304 g/mol. The van der Waals surface area contributed by atoms with Gasteiger partial charge in [-0.2, -0.15) is 0 Å². The number of hydrogen-bond acceptors (Lipinski definition) is 5. The van der Waals surface area contributed by atoms with E-state index in [0.717, 1.165) is 43.7 Å². The topological polar surface area (TPSA) is 75.7 Å². The standard InChI is InChI=1S/C15H20N2O4S/c1-9-11(15(20)21-3)13(16-10(2)18)22-12(9)14(19)17-7-5-4-6-8-17/h4-8H2,1-3H3,(H,16,18). The van der Waals surface area contributed by atoms with Crippen LogP contribution in [0.25, 0.3) is 0 Å². The number of carbonyl (C=O) groups is 3. The number of amides is 2. The molecule has 0 saturated carbocycles. The van der Waals surface area contributed by atoms with E-state index in [-0.39, 0.29) is 17.4 Å². The maximum Gasteiger partial charge on any atom is 0.341 e. The fourth-order valence-corrected chi connectivity index (χ4v) is 3.76. The van der Waals surface area contributed by atoms with Gasteiger partial charge in [0, 0.05) is 20.0 Å². The molecule has 0 aromatic carbocycles. The minimum absolute atomic E-state index is 0.0797. The van der Waals surface area contributed by atoms with Crippen LogP contribution in [0.5, 0.6) is 0 Å². The third kappa shape index (κ3) is 3.30. The summed E-state index contributed by atoms with van der Waals surface area (Å²) in [5.41, 5.74) is 0.833. The number of nitrogens with zero attached hydrogens (tertiary/aromatic N) is 1. The number of ether oxygens (including phenoxy) is 1. The van der Waals surface area contributed by atoms with Crippen LogP contribution in [-0.2, 0) is 9.53 Å². The van der Waals surface area contributed by atoms with Crippen molar-refractivity contribution < 1.29 is 19.1 Å². The first-order chi connectivity index (χ1) is 10.5. The fraction of sp³-hybridized carbons (Fsp3) is 0.533. The third-order valence-corrected chi connectivity index (χ3v) is 4.86. The Labute approximate surface area is 133 Å². The molecule has 1 aliphatic rings. The molecule has 2 amide bonds. The Hall–Kier alpha value is -1.89. The molecule has 22 heavy (non-hydrogen) atoms. The highest BCUT2D eigenvalue weighted by Crippen LogP contribution is 2.34. The van der Waals surface area contributed by atoms with Gasteiger partial charge in [0.1, 0.15) is 5.00 Å². The van der Waals surface area contributed by atoms with E-state index in [4.69, 9.17) is 4.74 Å². The number of carbonyl (C=O) groups excluding carboxylic acids is 3. The van der Waals surface area contributed by atoms with Crippen molar-refractivity contribution in [2.75, 3.05) is 25.5 Å². The molecule has 0 atom stereocenters. The second-order valence-electron chi connectivity index (χ2n) is 5.29. The van der Waals surface area contributed by atoms with E-state index in [1.165, 1.54) is 14.0 Å². The van der Waals surface area contributed by atoms with Gasteiger partial charge in [-0.05, 0) is 31.7 Å². The van der Waals surface area contributed by atoms with Crippen LogP contribution in [-0.4, -0.2) is 42.9 Å². The largest absolute Gasteiger partial charge is 0.465 e. The molecule has 1 N–H and O–H groups in total. The number of piperidine rings is 1. The van der Waals surface area contributed by atoms with E-state index in [1.54, 1.807) is 11.8 Å². The monoisotopic (exact) mass is 324 g/mol. The minimum atomic E-state index is -0.546. The molecular formula is C15H20N2O4S. The summed E-state index contributed by atoms with van der Waals surface area (Å²) in [7, 11) is 1.28. The average molecular weight is 324 g/mol. The molecule has 1 aromatic rings. The Bertz CT molecular complexity index is 603. The second kappa shape index (κ2) is 6.91. The van der Waals surface area contributed by atoms with Crippen LogP contribution in [0.4, 0.5) is 5.00 Å². The van der Waals surface area contributed by atoms with Crippen molar-refractivity contribution in [2.24, 2.45) is 0 Å². The Balaban J connectivity index is 2.38. The molecule has 0 bridgehead atoms. The maximum absolute atomic E-state index is 12.7. The van der Waals surface area contributed by atoms with Gasteiger partial charge in [-0.15, -0.1) is 11.3 Å². The molecule has 2 heterocycles. The Morgan fingerprint density at radius 3 is 2.36 bits per heavy atom. The van der Waals surface area contributed by atoms with Gasteiger partial charge in [0.25, 0.3) is 5.91 Å². The van der Waals surface area contributed by atoms with Crippen LogP contribution < -0.4 is 5.32 Å². The lowest BCUT2D eigenvalue weighted by molar-refractivity contribution is -0.114. The van der Waals surface area contributed by atoms with E-state index in [1.807, 2.05) is 0 Å². The normalized spacial score (nSPS) is 14.6. The van der Waals surface area contributed by atoms with Gasteiger partial charge in [0.05, 0.1) is 17.6 Å². The zero-order chi connectivity index (χ0) is 16.3. The predicted octanol–water partition coefficient (Wildman–Crippen LogP) is 2.43. The van der Waals surface area contributed by atoms with Crippen LogP contribution in [0.1, 0.15) is 51.8 Å². The van der Waals surface area contributed by atoms with E-state index in [9.17, 15) is 14.4 Å². The molecule has 1 saturated heterocycles. The quantitative estimate of drug-likeness (QED) is 0.867. The summed E-state index contributed by atoms with van der Waals surface area (Å²) in [4.78, 5) is 38.2. The Kier molecular flexibility index (Phi) is 5.18. The van der Waals surface area contributed by atoms with E-state index in [0.29, 0.717) is 15.4 Å². The number of nitrogens with one attached hydrogen (secondary N) is 1. The van der Waals surface area contributed by atoms with E-state index < -0.39 is 5.97 Å². The average Bonchev–Trinajstić information content (AvgIpc) is 2.82. The molecule has 0 unspecified atom stereocenters. The van der Waals surface area contributed by atoms with Crippen molar-refractivity contribution in [1.82, 2.24) is 4.90 Å². The number of anilines is 1. The van der Waals surface area contributed by atoms with Crippen molar-refractivity contribution in [3.8, 4) is 0 Å². The first-order valence-electron chi connectivity index (χ1n) is 7.24. The zero-order valence-corrected chi connectivity index (χ0v) is 13.8. The molecule has 120 valence electrons. The maximum atomic E-state index is 12.7. The van der Waals surface area contributed by atoms with Gasteiger partial charge in [0.15, 0.2) is 0 Å². The SMILES string of the molecule is COC(=O)c1c(NC(C)=O)sc(C(=O)N2CCCCC2)c1C. The zero-order valence-electron chi connectivity index (χ0n) is 13.0. The van der Waals surface area contributed by atoms with Gasteiger partial charge in [-0.3, -0.25) is 9.59 Å². The Morgan fingerprint density at radius 1 is 1.18 bits per heavy atom. The molecule has 7 heteroatoms. The molecule has 0 aliphatic carbocycles. The molecule has 1 aliphatic heterocycles. The number of methoxy groups -OCH3 is 1. The number of thiophene rings is 1. The summed E-state index contributed by atoms with van der Waals surface area (Å²) >= 11 is 1.14. The van der Waals surface area contributed by atoms with Gasteiger partial charge >= 0.3 is 5.97 Å². The molecule has 6 nitrogen and oxygen atoms in total. The van der Waals surface area contributed by atoms with Crippen LogP contribution in [0.15, 0.2) is 0 Å². The highest BCUT2D eigenvalue weighted by Gasteiger charge is 2.28. The van der Waals surface area contributed by atoms with Gasteiger partial charge in [-0.1, -0.05) is 0 Å². The van der Waals surface area contributed by atoms with Crippen molar-refractivity contribution in [2.45, 2.75) is 33.1 Å². The van der Waals surface area contributed by atoms with Crippen LogP contribution in [0.2, 0.25) is 0 Å². The van der Waals surface area contributed by atoms with Gasteiger partial charge in [0.2, 0.25) is 5.91 Å². The number of hydrogen-bond donors (Lipinski definition) is 1. The summed E-state index contributed by atoms with van der Waals surface area (Å²) in [5, 5.41) is 2.99. The van der Waals surface area contributed by atoms with Crippen LogP contribution >= 0.6 is 11.3 Å². The smallest absolute Gasteiger partial charge is 0.341 e. The fourth-order valence-electron chi connectivity index (χ4n) is 2.55. The van der Waals surface area contributed by atoms with Crippen LogP contribution in [0.3, 0.4) is 0 Å². The lowest BCUT2D eigenvalue weighted by Crippen LogP contribution is -2.35. The molecule has 2 rings (SSSR count). The van der Waals surface area contributed by atoms with Crippen molar-refractivity contribution >= 4 is 34.1 Å². The summed E-state index contributed by atoms with van der Waals surface area (Å²) in [6.07, 6.45) is 3.13. The van der Waals surface area contributed by atoms with Gasteiger partial charge < -0.3 is 15.0 Å². The summed E-state index contributed by atoms with van der Waals surface area (Å²) in [6, 6.07) is 0. The lowest BCUT2D eigenvalue weighted by Gasteiger charge is -2.26. The highest BCUT2D eigenvalue weighted by atomic mass is 32.1. The number of esters is 1. The van der Waals surface area contributed by atoms with Gasteiger partial charge in [-0.25, -0.2) is 4.79 Å². The number of likely N-dealkylation sites (tertiary alicyclic amines) is 1. The highest BCUT2D eigenvalue weighted by molar-refractivity contribution is 7.18. The molecule has 1 fully saturated rings. The van der Waals surface area contributed by atoms with Crippen molar-refractivity contribution in [3.05, 3.63) is 16.0 Å². The predicted molar refractivity (Wildman–Crippen MR) is 84.5 cm³/mol. The second-order valence-corrected chi connectivity index (χ2v) is 6.31. The molecule has 0 radical (unpaired) electrons. The Morgan fingerprint density at radius 2 is 1.82 bits per heavy atom. The number of rotatable bonds is 3. The van der Waals surface area contributed by atoms with Crippen molar-refractivity contribution in [3.63, 3.8) is 0 Å².